The van der Waals surface area contributed by atoms with Gasteiger partial charge < -0.3 is 20.7 Å². The maximum atomic E-state index is 14.1. The maximum Gasteiger partial charge on any atom is 0.159 e. The van der Waals surface area contributed by atoms with Crippen LogP contribution in [0.4, 0.5) is 10.1 Å². The van der Waals surface area contributed by atoms with Gasteiger partial charge in [0, 0.05) is 6.42 Å². The molecule has 3 heterocycles. The Kier molecular flexibility index (Phi) is 7.58. The van der Waals surface area contributed by atoms with E-state index in [1.807, 2.05) is 25.1 Å². The van der Waals surface area contributed by atoms with Crippen LogP contribution in [-0.4, -0.2) is 69.9 Å². The number of fused-ring (bicyclic) bond motifs is 1. The number of amidine groups is 1. The monoisotopic (exact) mass is 589 g/mol. The van der Waals surface area contributed by atoms with Crippen molar-refractivity contribution in [2.24, 2.45) is 26.1 Å². The van der Waals surface area contributed by atoms with Crippen LogP contribution in [0, 0.1) is 12.7 Å². The number of aliphatic imine (C=N–C) groups is 2. The third-order valence-electron chi connectivity index (χ3n) is 6.34. The number of ether oxygens (including phenoxy) is 1. The molecule has 1 fully saturated rings. The van der Waals surface area contributed by atoms with Crippen molar-refractivity contribution in [1.29, 1.82) is 0 Å². The first-order valence-corrected chi connectivity index (χ1v) is 13.2. The zero-order valence-corrected chi connectivity index (χ0v) is 22.2. The third-order valence-corrected chi connectivity index (χ3v) is 7.92. The predicted octanol–water partition coefficient (Wildman–Crippen LogP) is 3.83. The third kappa shape index (κ3) is 5.41. The van der Waals surface area contributed by atoms with Crippen LogP contribution >= 0.6 is 27.3 Å². The van der Waals surface area contributed by atoms with E-state index in [1.54, 1.807) is 28.5 Å². The molecule has 10 nitrogen and oxygen atoms in total. The van der Waals surface area contributed by atoms with Gasteiger partial charge in [-0.1, -0.05) is 11.3 Å². The fourth-order valence-corrected chi connectivity index (χ4v) is 5.64. The Bertz CT molecular complexity index is 1380. The van der Waals surface area contributed by atoms with Crippen LogP contribution in [0.25, 0.3) is 10.2 Å². The van der Waals surface area contributed by atoms with Gasteiger partial charge in [-0.05, 0) is 58.7 Å². The number of hydrogen-bond acceptors (Lipinski definition) is 9. The SMILES string of the molecule is Cc1nc2ccc(N=C(N=CN)C3CC(N4CC(c5ccc(Br)c(F)c5)N=N4)C(O)C(CO)O3)cc2s1. The molecule has 2 aromatic carbocycles. The van der Waals surface area contributed by atoms with Gasteiger partial charge in [0.1, 0.15) is 30.2 Å². The fourth-order valence-electron chi connectivity index (χ4n) is 4.53. The Hall–Kier alpha value is -2.84. The molecular weight excluding hydrogens is 565 g/mol. The number of aliphatic hydroxyl groups is 2. The molecule has 0 amide bonds. The number of aryl methyl sites for hydroxylation is 1. The number of thiazole rings is 1. The number of halogens is 2. The van der Waals surface area contributed by atoms with E-state index in [0.29, 0.717) is 28.1 Å². The summed E-state index contributed by atoms with van der Waals surface area (Å²) in [6, 6.07) is 9.53. The maximum absolute atomic E-state index is 14.1. The molecule has 0 spiro atoms. The summed E-state index contributed by atoms with van der Waals surface area (Å²) < 4.78 is 21.4. The molecule has 194 valence electrons. The van der Waals surface area contributed by atoms with Crippen molar-refractivity contribution in [2.45, 2.75) is 43.7 Å². The molecule has 2 aliphatic heterocycles. The Morgan fingerprint density at radius 3 is 2.95 bits per heavy atom. The molecule has 5 atom stereocenters. The van der Waals surface area contributed by atoms with Crippen LogP contribution in [0.1, 0.15) is 23.0 Å². The molecule has 5 rings (SSSR count). The molecule has 0 radical (unpaired) electrons. The van der Waals surface area contributed by atoms with Crippen molar-refractivity contribution < 1.29 is 19.3 Å². The van der Waals surface area contributed by atoms with Gasteiger partial charge in [-0.15, -0.1) is 11.3 Å². The van der Waals surface area contributed by atoms with E-state index < -0.39 is 37.0 Å². The van der Waals surface area contributed by atoms with E-state index >= 15 is 0 Å². The summed E-state index contributed by atoms with van der Waals surface area (Å²) >= 11 is 4.73. The van der Waals surface area contributed by atoms with Gasteiger partial charge in [0.2, 0.25) is 0 Å². The first kappa shape index (κ1) is 25.8. The lowest BCUT2D eigenvalue weighted by molar-refractivity contribution is -0.147. The summed E-state index contributed by atoms with van der Waals surface area (Å²) in [5.41, 5.74) is 7.85. The molecule has 0 saturated carbocycles. The highest BCUT2D eigenvalue weighted by Crippen LogP contribution is 2.34. The average molecular weight is 590 g/mol. The Morgan fingerprint density at radius 1 is 1.35 bits per heavy atom. The zero-order valence-electron chi connectivity index (χ0n) is 19.8. The second kappa shape index (κ2) is 10.9. The minimum Gasteiger partial charge on any atom is -0.394 e. The van der Waals surface area contributed by atoms with Gasteiger partial charge in [-0.25, -0.2) is 19.4 Å². The summed E-state index contributed by atoms with van der Waals surface area (Å²) in [7, 11) is 0. The van der Waals surface area contributed by atoms with E-state index in [-0.39, 0.29) is 12.2 Å². The highest BCUT2D eigenvalue weighted by atomic mass is 79.9. The van der Waals surface area contributed by atoms with Gasteiger partial charge in [-0.3, -0.25) is 5.01 Å². The molecule has 5 unspecified atom stereocenters. The molecule has 0 aliphatic carbocycles. The molecule has 4 N–H and O–H groups in total. The fraction of sp³-hybridized carbons (Fsp3) is 0.375. The molecule has 37 heavy (non-hydrogen) atoms. The van der Waals surface area contributed by atoms with E-state index in [1.165, 1.54) is 6.07 Å². The van der Waals surface area contributed by atoms with E-state index in [0.717, 1.165) is 21.6 Å². The Labute approximate surface area is 224 Å². The van der Waals surface area contributed by atoms with Crippen LogP contribution in [0.2, 0.25) is 0 Å². The van der Waals surface area contributed by atoms with E-state index in [2.05, 4.69) is 41.2 Å². The second-order valence-electron chi connectivity index (χ2n) is 8.79. The lowest BCUT2D eigenvalue weighted by Crippen LogP contribution is -2.56. The predicted molar refractivity (Wildman–Crippen MR) is 143 cm³/mol. The summed E-state index contributed by atoms with van der Waals surface area (Å²) in [5.74, 6) is -0.0778. The van der Waals surface area contributed by atoms with E-state index in [9.17, 15) is 14.6 Å². The smallest absolute Gasteiger partial charge is 0.159 e. The number of nitrogens with two attached hydrogens (primary N) is 1. The Morgan fingerprint density at radius 2 is 2.19 bits per heavy atom. The van der Waals surface area contributed by atoms with E-state index in [4.69, 9.17) is 10.5 Å². The quantitative estimate of drug-likeness (QED) is 0.305. The van der Waals surface area contributed by atoms with Crippen LogP contribution in [0.15, 0.2) is 61.2 Å². The number of rotatable bonds is 5. The van der Waals surface area contributed by atoms with Crippen LogP contribution in [0.5, 0.6) is 0 Å². The topological polar surface area (TPSA) is 141 Å². The largest absolute Gasteiger partial charge is 0.394 e. The molecule has 3 aromatic rings. The minimum absolute atomic E-state index is 0.274. The summed E-state index contributed by atoms with van der Waals surface area (Å²) in [6.07, 6.45) is -1.20. The van der Waals surface area contributed by atoms with Gasteiger partial charge in [0.15, 0.2) is 5.84 Å². The van der Waals surface area contributed by atoms with Crippen LogP contribution in [-0.2, 0) is 4.74 Å². The van der Waals surface area contributed by atoms with Gasteiger partial charge in [0.25, 0.3) is 0 Å². The molecule has 2 aliphatic rings. The van der Waals surface area contributed by atoms with Gasteiger partial charge >= 0.3 is 0 Å². The van der Waals surface area contributed by atoms with Crippen molar-refractivity contribution >= 4 is 55.3 Å². The van der Waals surface area contributed by atoms with Crippen molar-refractivity contribution in [3.8, 4) is 0 Å². The lowest BCUT2D eigenvalue weighted by Gasteiger charge is -2.41. The minimum atomic E-state index is -1.04. The summed E-state index contributed by atoms with van der Waals surface area (Å²) in [4.78, 5) is 13.4. The highest BCUT2D eigenvalue weighted by molar-refractivity contribution is 9.10. The van der Waals surface area contributed by atoms with Crippen molar-refractivity contribution in [3.63, 3.8) is 0 Å². The second-order valence-corrected chi connectivity index (χ2v) is 10.9. The number of aliphatic hydroxyl groups excluding tert-OH is 2. The van der Waals surface area contributed by atoms with Gasteiger partial charge in [-0.2, -0.15) is 5.11 Å². The van der Waals surface area contributed by atoms with Crippen molar-refractivity contribution in [3.05, 3.63) is 57.3 Å². The zero-order chi connectivity index (χ0) is 26.1. The standard InChI is InChI=1S/C24H25BrFN7O3S/c1-12-29-17-5-3-14(7-22(17)37-12)30-24(28-11-27)20-8-19(23(35)21(10-34)36-20)33-9-18(31-32-33)13-2-4-15(25)16(26)6-13/h2-7,11,18-21,23,34-35H,8-10H2,1H3,(H2,27,28,30). The molecule has 1 saturated heterocycles. The highest BCUT2D eigenvalue weighted by Gasteiger charge is 2.44. The molecule has 0 bridgehead atoms. The lowest BCUT2D eigenvalue weighted by atomic mass is 9.93. The van der Waals surface area contributed by atoms with Crippen LogP contribution < -0.4 is 5.73 Å². The van der Waals surface area contributed by atoms with Crippen LogP contribution in [0.3, 0.4) is 0 Å². The Balaban J connectivity index is 1.39. The number of nitrogens with zero attached hydrogens (tertiary/aromatic N) is 6. The average Bonchev–Trinajstić information content (AvgIpc) is 3.51. The molecular formula is C24H25BrFN7O3S. The summed E-state index contributed by atoms with van der Waals surface area (Å²) in [5, 5.41) is 32.1. The number of hydrogen-bond donors (Lipinski definition) is 3. The molecule has 1 aromatic heterocycles. The number of aromatic nitrogens is 1. The first-order valence-electron chi connectivity index (χ1n) is 11.6. The van der Waals surface area contributed by atoms with Crippen molar-refractivity contribution in [2.75, 3.05) is 13.2 Å². The first-order chi connectivity index (χ1) is 17.9. The van der Waals surface area contributed by atoms with Crippen molar-refractivity contribution in [1.82, 2.24) is 9.99 Å². The number of benzene rings is 2. The summed E-state index contributed by atoms with van der Waals surface area (Å²) in [6.45, 7) is 1.87. The molecule has 13 heteroatoms. The normalized spacial score (nSPS) is 26.6. The van der Waals surface area contributed by atoms with Gasteiger partial charge in [0.05, 0.1) is 50.9 Å².